The van der Waals surface area contributed by atoms with Gasteiger partial charge in [0.25, 0.3) is 0 Å². The maximum absolute atomic E-state index is 11.4. The zero-order valence-electron chi connectivity index (χ0n) is 9.08. The molecule has 3 N–H and O–H groups in total. The minimum Gasteiger partial charge on any atom is -0.351 e. The van der Waals surface area contributed by atoms with E-state index in [2.05, 4.69) is 18.3 Å². The number of nitrogens with two attached hydrogens (primary N) is 1. The van der Waals surface area contributed by atoms with Crippen LogP contribution in [0, 0.1) is 6.92 Å². The van der Waals surface area contributed by atoms with Crippen LogP contribution in [0.4, 0.5) is 0 Å². The summed E-state index contributed by atoms with van der Waals surface area (Å²) >= 11 is 1.69. The molecule has 1 aromatic heterocycles. The van der Waals surface area contributed by atoms with Gasteiger partial charge in [-0.15, -0.1) is 11.3 Å². The summed E-state index contributed by atoms with van der Waals surface area (Å²) in [6.07, 6.45) is 2.39. The number of thiophene rings is 1. The average Bonchev–Trinajstić information content (AvgIpc) is 2.61. The van der Waals surface area contributed by atoms with Gasteiger partial charge in [0.15, 0.2) is 0 Å². The highest BCUT2D eigenvalue weighted by atomic mass is 32.1. The molecule has 1 heterocycles. The van der Waals surface area contributed by atoms with Crippen LogP contribution >= 0.6 is 11.3 Å². The fraction of sp³-hybridized carbons (Fsp3) is 0.545. The monoisotopic (exact) mass is 226 g/mol. The Morgan fingerprint density at radius 2 is 2.33 bits per heavy atom. The van der Waals surface area contributed by atoms with Gasteiger partial charge in [0.2, 0.25) is 5.91 Å². The molecule has 3 nitrogen and oxygen atoms in total. The summed E-state index contributed by atoms with van der Waals surface area (Å²) in [5, 5.41) is 4.96. The van der Waals surface area contributed by atoms with Crippen LogP contribution in [0.1, 0.15) is 29.7 Å². The third-order valence-electron chi connectivity index (χ3n) is 2.27. The molecule has 0 aliphatic heterocycles. The first kappa shape index (κ1) is 12.2. The van der Waals surface area contributed by atoms with Crippen LogP contribution in [-0.2, 0) is 11.3 Å². The Morgan fingerprint density at radius 1 is 1.53 bits per heavy atom. The first-order valence-electron chi connectivity index (χ1n) is 5.23. The third-order valence-corrected chi connectivity index (χ3v) is 3.30. The van der Waals surface area contributed by atoms with Crippen molar-refractivity contribution < 1.29 is 4.79 Å². The van der Waals surface area contributed by atoms with Gasteiger partial charge in [0.1, 0.15) is 0 Å². The van der Waals surface area contributed by atoms with Crippen LogP contribution < -0.4 is 11.1 Å². The molecule has 0 bridgehead atoms. The number of aryl methyl sites for hydroxylation is 1. The van der Waals surface area contributed by atoms with Crippen molar-refractivity contribution in [1.82, 2.24) is 5.32 Å². The first-order valence-corrected chi connectivity index (χ1v) is 6.11. The van der Waals surface area contributed by atoms with E-state index >= 15 is 0 Å². The van der Waals surface area contributed by atoms with Crippen molar-refractivity contribution in [3.8, 4) is 0 Å². The first-order chi connectivity index (χ1) is 7.24. The summed E-state index contributed by atoms with van der Waals surface area (Å²) in [5.74, 6) is 0.122. The van der Waals surface area contributed by atoms with E-state index in [1.54, 1.807) is 11.3 Å². The number of rotatable bonds is 6. The van der Waals surface area contributed by atoms with Crippen molar-refractivity contribution in [3.05, 3.63) is 21.9 Å². The van der Waals surface area contributed by atoms with E-state index < -0.39 is 0 Å². The highest BCUT2D eigenvalue weighted by molar-refractivity contribution is 7.10. The highest BCUT2D eigenvalue weighted by Gasteiger charge is 2.03. The van der Waals surface area contributed by atoms with Crippen molar-refractivity contribution in [1.29, 1.82) is 0 Å². The highest BCUT2D eigenvalue weighted by Crippen LogP contribution is 2.14. The van der Waals surface area contributed by atoms with Gasteiger partial charge in [-0.2, -0.15) is 0 Å². The molecular formula is C11H18N2OS. The van der Waals surface area contributed by atoms with E-state index in [1.807, 2.05) is 5.38 Å². The van der Waals surface area contributed by atoms with Gasteiger partial charge in [-0.1, -0.05) is 0 Å². The van der Waals surface area contributed by atoms with Crippen LogP contribution in [-0.4, -0.2) is 12.5 Å². The predicted molar refractivity (Wildman–Crippen MR) is 63.8 cm³/mol. The Morgan fingerprint density at radius 3 is 2.93 bits per heavy atom. The Hall–Kier alpha value is -0.870. The van der Waals surface area contributed by atoms with Gasteiger partial charge in [-0.05, 0) is 43.3 Å². The lowest BCUT2D eigenvalue weighted by atomic mass is 10.2. The lowest BCUT2D eigenvalue weighted by molar-refractivity contribution is -0.121. The minimum absolute atomic E-state index is 0.122. The minimum atomic E-state index is 0.122. The molecular weight excluding hydrogens is 208 g/mol. The summed E-state index contributed by atoms with van der Waals surface area (Å²) < 4.78 is 0. The fourth-order valence-electron chi connectivity index (χ4n) is 1.28. The molecule has 0 radical (unpaired) electrons. The molecule has 0 aliphatic rings. The molecule has 0 spiro atoms. The van der Waals surface area contributed by atoms with Gasteiger partial charge in [-0.3, -0.25) is 4.79 Å². The number of carbonyl (C=O) groups excluding carboxylic acids is 1. The molecule has 0 aromatic carbocycles. The van der Waals surface area contributed by atoms with E-state index in [1.165, 1.54) is 10.4 Å². The number of nitrogens with one attached hydrogen (secondary N) is 1. The molecule has 0 fully saturated rings. The lowest BCUT2D eigenvalue weighted by Crippen LogP contribution is -2.22. The summed E-state index contributed by atoms with van der Waals surface area (Å²) in [6, 6.07) is 2.07. The zero-order valence-corrected chi connectivity index (χ0v) is 9.90. The van der Waals surface area contributed by atoms with Crippen molar-refractivity contribution in [2.24, 2.45) is 5.73 Å². The number of carbonyl (C=O) groups is 1. The van der Waals surface area contributed by atoms with Crippen LogP contribution in [0.5, 0.6) is 0 Å². The number of amides is 1. The average molecular weight is 226 g/mol. The standard InChI is InChI=1S/C11H18N2OS/c1-9-5-7-15-10(9)8-13-11(14)4-2-3-6-12/h5,7H,2-4,6,8,12H2,1H3,(H,13,14). The smallest absolute Gasteiger partial charge is 0.220 e. The summed E-state index contributed by atoms with van der Waals surface area (Å²) in [6.45, 7) is 3.38. The Balaban J connectivity index is 2.20. The molecule has 0 unspecified atom stereocenters. The van der Waals surface area contributed by atoms with Gasteiger partial charge < -0.3 is 11.1 Å². The van der Waals surface area contributed by atoms with Crippen LogP contribution in [0.15, 0.2) is 11.4 Å². The van der Waals surface area contributed by atoms with Crippen molar-refractivity contribution in [2.45, 2.75) is 32.7 Å². The van der Waals surface area contributed by atoms with Crippen LogP contribution in [0.25, 0.3) is 0 Å². The molecule has 15 heavy (non-hydrogen) atoms. The largest absolute Gasteiger partial charge is 0.351 e. The molecule has 84 valence electrons. The quantitative estimate of drug-likeness (QED) is 0.727. The third kappa shape index (κ3) is 4.44. The van der Waals surface area contributed by atoms with E-state index in [9.17, 15) is 4.79 Å². The molecule has 1 aromatic rings. The van der Waals surface area contributed by atoms with Crippen LogP contribution in [0.3, 0.4) is 0 Å². The molecule has 0 saturated heterocycles. The summed E-state index contributed by atoms with van der Waals surface area (Å²) in [5.41, 5.74) is 6.61. The molecule has 0 atom stereocenters. The normalized spacial score (nSPS) is 10.3. The lowest BCUT2D eigenvalue weighted by Gasteiger charge is -2.04. The predicted octanol–water partition coefficient (Wildman–Crippen LogP) is 1.80. The summed E-state index contributed by atoms with van der Waals surface area (Å²) in [4.78, 5) is 12.6. The maximum Gasteiger partial charge on any atom is 0.220 e. The van der Waals surface area contributed by atoms with Crippen molar-refractivity contribution >= 4 is 17.2 Å². The van der Waals surface area contributed by atoms with E-state index in [-0.39, 0.29) is 5.91 Å². The van der Waals surface area contributed by atoms with E-state index in [0.717, 1.165) is 12.8 Å². The maximum atomic E-state index is 11.4. The van der Waals surface area contributed by atoms with Crippen molar-refractivity contribution in [2.75, 3.05) is 6.54 Å². The second kappa shape index (κ2) is 6.58. The Kier molecular flexibility index (Phi) is 5.36. The molecule has 1 amide bonds. The second-order valence-electron chi connectivity index (χ2n) is 3.55. The second-order valence-corrected chi connectivity index (χ2v) is 4.55. The SMILES string of the molecule is Cc1ccsc1CNC(=O)CCCCN. The Bertz CT molecular complexity index is 309. The van der Waals surface area contributed by atoms with E-state index in [4.69, 9.17) is 5.73 Å². The van der Waals surface area contributed by atoms with Gasteiger partial charge >= 0.3 is 0 Å². The number of hydrogen-bond acceptors (Lipinski definition) is 3. The van der Waals surface area contributed by atoms with Gasteiger partial charge in [0, 0.05) is 11.3 Å². The summed E-state index contributed by atoms with van der Waals surface area (Å²) in [7, 11) is 0. The molecule has 4 heteroatoms. The topological polar surface area (TPSA) is 55.1 Å². The molecule has 1 rings (SSSR count). The zero-order chi connectivity index (χ0) is 11.1. The van der Waals surface area contributed by atoms with Gasteiger partial charge in [-0.25, -0.2) is 0 Å². The number of hydrogen-bond donors (Lipinski definition) is 2. The fourth-order valence-corrected chi connectivity index (χ4v) is 2.13. The molecule has 0 aliphatic carbocycles. The van der Waals surface area contributed by atoms with Gasteiger partial charge in [0.05, 0.1) is 6.54 Å². The molecule has 0 saturated carbocycles. The van der Waals surface area contributed by atoms with Crippen molar-refractivity contribution in [3.63, 3.8) is 0 Å². The Labute approximate surface area is 94.7 Å². The van der Waals surface area contributed by atoms with Crippen LogP contribution in [0.2, 0.25) is 0 Å². The number of unbranched alkanes of at least 4 members (excludes halogenated alkanes) is 1. The van der Waals surface area contributed by atoms with E-state index in [0.29, 0.717) is 19.5 Å².